The molecule has 0 N–H and O–H groups in total. The van der Waals surface area contributed by atoms with Crippen molar-refractivity contribution >= 4 is 11.8 Å². The molecule has 7 heteroatoms. The van der Waals surface area contributed by atoms with Crippen molar-refractivity contribution in [2.45, 2.75) is 76.5 Å². The van der Waals surface area contributed by atoms with Gasteiger partial charge in [-0.25, -0.2) is 0 Å². The van der Waals surface area contributed by atoms with Gasteiger partial charge in [0.1, 0.15) is 18.3 Å². The number of Topliss-reactive ketones (excluding diaryl/α,β-unsaturated/α-hetero) is 1. The fourth-order valence-corrected chi connectivity index (χ4v) is 3.53. The van der Waals surface area contributed by atoms with Gasteiger partial charge in [0.05, 0.1) is 6.10 Å². The van der Waals surface area contributed by atoms with Crippen molar-refractivity contribution in [1.82, 2.24) is 0 Å². The summed E-state index contributed by atoms with van der Waals surface area (Å²) in [5.41, 5.74) is -1.03. The first-order valence-corrected chi connectivity index (χ1v) is 7.44. The minimum absolute atomic E-state index is 0.0464. The quantitative estimate of drug-likeness (QED) is 0.701. The van der Waals surface area contributed by atoms with Gasteiger partial charge in [0.2, 0.25) is 0 Å². The normalized spacial score (nSPS) is 41.9. The van der Waals surface area contributed by atoms with E-state index in [1.165, 1.54) is 6.92 Å². The summed E-state index contributed by atoms with van der Waals surface area (Å²) < 4.78 is 28.4. The van der Waals surface area contributed by atoms with E-state index in [0.717, 1.165) is 0 Å². The van der Waals surface area contributed by atoms with Crippen LogP contribution in [0.1, 0.15) is 41.0 Å². The zero-order chi connectivity index (χ0) is 16.3. The van der Waals surface area contributed by atoms with Gasteiger partial charge < -0.3 is 23.7 Å². The SMILES string of the molecule is CC(=O)OC[C@]12C[C@@H]3OC(C)(C)O[C@@H]3C(=O)[C@H]1OC(C)(C)O2. The first kappa shape index (κ1) is 15.9. The van der Waals surface area contributed by atoms with Crippen molar-refractivity contribution in [2.24, 2.45) is 0 Å². The molecule has 0 aromatic heterocycles. The molecule has 1 saturated carbocycles. The van der Waals surface area contributed by atoms with Gasteiger partial charge in [-0.2, -0.15) is 0 Å². The van der Waals surface area contributed by atoms with Crippen molar-refractivity contribution in [2.75, 3.05) is 6.61 Å². The van der Waals surface area contributed by atoms with Crippen LogP contribution in [0.3, 0.4) is 0 Å². The smallest absolute Gasteiger partial charge is 0.302 e. The van der Waals surface area contributed by atoms with Crippen LogP contribution < -0.4 is 0 Å². The molecule has 22 heavy (non-hydrogen) atoms. The monoisotopic (exact) mass is 314 g/mol. The van der Waals surface area contributed by atoms with Gasteiger partial charge in [0, 0.05) is 13.3 Å². The molecule has 4 atom stereocenters. The first-order valence-electron chi connectivity index (χ1n) is 7.44. The van der Waals surface area contributed by atoms with E-state index in [9.17, 15) is 9.59 Å². The van der Waals surface area contributed by atoms with Gasteiger partial charge in [-0.3, -0.25) is 9.59 Å². The van der Waals surface area contributed by atoms with Gasteiger partial charge in [0.15, 0.2) is 23.5 Å². The summed E-state index contributed by atoms with van der Waals surface area (Å²) in [6.07, 6.45) is -1.58. The Morgan fingerprint density at radius 2 is 1.86 bits per heavy atom. The summed E-state index contributed by atoms with van der Waals surface area (Å²) in [5.74, 6) is -2.42. The highest BCUT2D eigenvalue weighted by molar-refractivity contribution is 5.91. The number of fused-ring (bicyclic) bond motifs is 2. The molecule has 0 unspecified atom stereocenters. The van der Waals surface area contributed by atoms with E-state index in [-0.39, 0.29) is 12.4 Å². The van der Waals surface area contributed by atoms with Gasteiger partial charge in [0.25, 0.3) is 0 Å². The fourth-order valence-electron chi connectivity index (χ4n) is 3.53. The van der Waals surface area contributed by atoms with Crippen LogP contribution >= 0.6 is 0 Å². The Bertz CT molecular complexity index is 512. The fraction of sp³-hybridized carbons (Fsp3) is 0.867. The summed E-state index contributed by atoms with van der Waals surface area (Å²) >= 11 is 0. The number of hydrogen-bond donors (Lipinski definition) is 0. The van der Waals surface area contributed by atoms with Crippen LogP contribution in [0, 0.1) is 0 Å². The van der Waals surface area contributed by atoms with E-state index >= 15 is 0 Å². The molecule has 7 nitrogen and oxygen atoms in total. The number of esters is 1. The van der Waals surface area contributed by atoms with Crippen LogP contribution in [0.25, 0.3) is 0 Å². The third-order valence-corrected chi connectivity index (χ3v) is 4.12. The van der Waals surface area contributed by atoms with Crippen LogP contribution in [-0.4, -0.2) is 53.8 Å². The van der Waals surface area contributed by atoms with Crippen molar-refractivity contribution in [3.05, 3.63) is 0 Å². The molecule has 0 spiro atoms. The number of ketones is 1. The summed E-state index contributed by atoms with van der Waals surface area (Å²) in [7, 11) is 0. The highest BCUT2D eigenvalue weighted by Crippen LogP contribution is 2.48. The molecule has 1 aliphatic carbocycles. The van der Waals surface area contributed by atoms with Crippen molar-refractivity contribution in [3.8, 4) is 0 Å². The lowest BCUT2D eigenvalue weighted by atomic mass is 9.78. The molecular weight excluding hydrogens is 292 g/mol. The molecule has 2 heterocycles. The molecule has 0 aromatic rings. The maximum Gasteiger partial charge on any atom is 0.302 e. The molecule has 3 aliphatic rings. The van der Waals surface area contributed by atoms with Gasteiger partial charge in [-0.05, 0) is 27.7 Å². The predicted octanol–water partition coefficient (Wildman–Crippen LogP) is 0.933. The highest BCUT2D eigenvalue weighted by atomic mass is 16.8. The summed E-state index contributed by atoms with van der Waals surface area (Å²) in [4.78, 5) is 23.9. The summed E-state index contributed by atoms with van der Waals surface area (Å²) in [6.45, 7) is 8.26. The zero-order valence-electron chi connectivity index (χ0n) is 13.5. The maximum absolute atomic E-state index is 12.8. The molecule has 3 rings (SSSR count). The van der Waals surface area contributed by atoms with E-state index in [1.807, 2.05) is 0 Å². The number of rotatable bonds is 2. The van der Waals surface area contributed by atoms with Crippen LogP contribution in [0.4, 0.5) is 0 Å². The third-order valence-electron chi connectivity index (χ3n) is 4.12. The van der Waals surface area contributed by atoms with Gasteiger partial charge >= 0.3 is 5.97 Å². The first-order chi connectivity index (χ1) is 10.0. The van der Waals surface area contributed by atoms with Crippen LogP contribution in [0.2, 0.25) is 0 Å². The zero-order valence-corrected chi connectivity index (χ0v) is 13.5. The number of hydrogen-bond acceptors (Lipinski definition) is 7. The number of carbonyl (C=O) groups excluding carboxylic acids is 2. The third kappa shape index (κ3) is 2.56. The van der Waals surface area contributed by atoms with Crippen molar-refractivity contribution in [3.63, 3.8) is 0 Å². The Kier molecular flexibility index (Phi) is 3.41. The Hall–Kier alpha value is -1.02. The van der Waals surface area contributed by atoms with Crippen LogP contribution in [0.5, 0.6) is 0 Å². The Morgan fingerprint density at radius 1 is 1.18 bits per heavy atom. The highest BCUT2D eigenvalue weighted by Gasteiger charge is 2.66. The molecule has 0 radical (unpaired) electrons. The second-order valence-electron chi connectivity index (χ2n) is 7.05. The van der Waals surface area contributed by atoms with E-state index in [0.29, 0.717) is 6.42 Å². The molecule has 0 amide bonds. The molecule has 2 aliphatic heterocycles. The van der Waals surface area contributed by atoms with Crippen LogP contribution in [0.15, 0.2) is 0 Å². The number of ether oxygens (including phenoxy) is 5. The summed E-state index contributed by atoms with van der Waals surface area (Å²) in [6, 6.07) is 0. The topological polar surface area (TPSA) is 80.3 Å². The van der Waals surface area contributed by atoms with Crippen molar-refractivity contribution < 1.29 is 33.3 Å². The number of carbonyl (C=O) groups is 2. The average Bonchev–Trinajstić information content (AvgIpc) is 2.80. The lowest BCUT2D eigenvalue weighted by molar-refractivity contribution is -0.190. The minimum Gasteiger partial charge on any atom is -0.463 e. The lowest BCUT2D eigenvalue weighted by Crippen LogP contribution is -2.60. The van der Waals surface area contributed by atoms with Crippen LogP contribution in [-0.2, 0) is 33.3 Å². The maximum atomic E-state index is 12.8. The second-order valence-corrected chi connectivity index (χ2v) is 7.05. The molecule has 124 valence electrons. The Balaban J connectivity index is 1.91. The van der Waals surface area contributed by atoms with E-state index in [2.05, 4.69) is 0 Å². The largest absolute Gasteiger partial charge is 0.463 e. The molecule has 0 bridgehead atoms. The molecule has 3 fully saturated rings. The molecular formula is C15H22O7. The lowest BCUT2D eigenvalue weighted by Gasteiger charge is -2.38. The molecule has 0 aromatic carbocycles. The predicted molar refractivity (Wildman–Crippen MR) is 72.9 cm³/mol. The average molecular weight is 314 g/mol. The van der Waals surface area contributed by atoms with Gasteiger partial charge in [-0.1, -0.05) is 0 Å². The second kappa shape index (κ2) is 4.74. The van der Waals surface area contributed by atoms with E-state index in [1.54, 1.807) is 27.7 Å². The van der Waals surface area contributed by atoms with Gasteiger partial charge in [-0.15, -0.1) is 0 Å². The summed E-state index contributed by atoms with van der Waals surface area (Å²) in [5, 5.41) is 0. The molecule has 2 saturated heterocycles. The Morgan fingerprint density at radius 3 is 2.50 bits per heavy atom. The van der Waals surface area contributed by atoms with Crippen molar-refractivity contribution in [1.29, 1.82) is 0 Å². The van der Waals surface area contributed by atoms with E-state index in [4.69, 9.17) is 23.7 Å². The Labute approximate surface area is 129 Å². The van der Waals surface area contributed by atoms with E-state index < -0.39 is 41.5 Å². The minimum atomic E-state index is -1.03. The standard InChI is InChI=1S/C15H22O7/c1-8(16)18-7-15-6-9-11(20-13(2,3)19-9)10(17)12(15)21-14(4,5)22-15/h9,11-12H,6-7H2,1-5H3/t9-,11-,12+,15+/m0/s1.